The van der Waals surface area contributed by atoms with Crippen LogP contribution in [-0.2, 0) is 0 Å². The van der Waals surface area contributed by atoms with Crippen molar-refractivity contribution in [1.29, 1.82) is 0 Å². The average molecular weight is 332 g/mol. The molecule has 122 valence electrons. The number of nitrogens with one attached hydrogen (secondary N) is 2. The molecular formula is C18H22ClN3O. The van der Waals surface area contributed by atoms with E-state index in [-0.39, 0.29) is 18.2 Å². The van der Waals surface area contributed by atoms with Gasteiger partial charge in [-0.2, -0.15) is 0 Å². The van der Waals surface area contributed by atoms with Gasteiger partial charge < -0.3 is 16.4 Å². The molecule has 3 rings (SSSR count). The predicted molar refractivity (Wildman–Crippen MR) is 98.3 cm³/mol. The molecule has 0 atom stereocenters. The zero-order valence-corrected chi connectivity index (χ0v) is 13.8. The van der Waals surface area contributed by atoms with Gasteiger partial charge in [0.05, 0.1) is 0 Å². The Morgan fingerprint density at radius 1 is 0.957 bits per heavy atom. The summed E-state index contributed by atoms with van der Waals surface area (Å²) in [6.07, 6.45) is 2.01. The van der Waals surface area contributed by atoms with E-state index in [0.717, 1.165) is 47.1 Å². The smallest absolute Gasteiger partial charge is 0.190 e. The van der Waals surface area contributed by atoms with Crippen LogP contribution in [0.1, 0.15) is 15.9 Å². The second-order valence-corrected chi connectivity index (χ2v) is 5.47. The topological polar surface area (TPSA) is 67.2 Å². The Hall–Kier alpha value is -1.72. The van der Waals surface area contributed by atoms with Gasteiger partial charge in [-0.05, 0) is 17.0 Å². The minimum atomic E-state index is 0. The van der Waals surface area contributed by atoms with E-state index < -0.39 is 0 Å². The third-order valence-electron chi connectivity index (χ3n) is 3.92. The Kier molecular flexibility index (Phi) is 6.30. The molecule has 0 unspecified atom stereocenters. The van der Waals surface area contributed by atoms with Gasteiger partial charge in [-0.25, -0.2) is 0 Å². The van der Waals surface area contributed by atoms with Crippen molar-refractivity contribution in [3.63, 3.8) is 0 Å². The Balaban J connectivity index is 0.00000192. The van der Waals surface area contributed by atoms with Gasteiger partial charge in [0.2, 0.25) is 0 Å². The van der Waals surface area contributed by atoms with Crippen LogP contribution in [0.3, 0.4) is 0 Å². The van der Waals surface area contributed by atoms with Gasteiger partial charge >= 0.3 is 0 Å². The number of ketones is 1. The van der Waals surface area contributed by atoms with Crippen LogP contribution in [0.25, 0.3) is 16.8 Å². The van der Waals surface area contributed by atoms with Crippen molar-refractivity contribution in [2.45, 2.75) is 0 Å². The molecule has 4 N–H and O–H groups in total. The monoisotopic (exact) mass is 331 g/mol. The van der Waals surface area contributed by atoms with Crippen LogP contribution in [-0.4, -0.2) is 38.5 Å². The van der Waals surface area contributed by atoms with Crippen molar-refractivity contribution in [2.24, 2.45) is 5.73 Å². The second-order valence-electron chi connectivity index (χ2n) is 5.47. The standard InChI is InChI=1S/C18H21N3O.ClH/c19-7-8-20-9-10-21-12-15-11-14-5-1-3-13-4-2-6-16(17(13)14)18(15)22;/h1-6,11,20-21H,7-10,12,19H2;1H. The summed E-state index contributed by atoms with van der Waals surface area (Å²) in [6.45, 7) is 3.72. The molecule has 2 aromatic carbocycles. The zero-order chi connectivity index (χ0) is 15.4. The summed E-state index contributed by atoms with van der Waals surface area (Å²) < 4.78 is 0. The number of halogens is 1. The summed E-state index contributed by atoms with van der Waals surface area (Å²) in [5.41, 5.74) is 8.19. The third-order valence-corrected chi connectivity index (χ3v) is 3.92. The van der Waals surface area contributed by atoms with Gasteiger partial charge in [0.15, 0.2) is 5.78 Å². The minimum absolute atomic E-state index is 0. The third kappa shape index (κ3) is 3.79. The number of benzene rings is 2. The fourth-order valence-corrected chi connectivity index (χ4v) is 2.86. The number of nitrogens with two attached hydrogens (primary N) is 1. The number of carbonyl (C=O) groups is 1. The van der Waals surface area contributed by atoms with Crippen LogP contribution >= 0.6 is 12.4 Å². The van der Waals surface area contributed by atoms with E-state index >= 15 is 0 Å². The van der Waals surface area contributed by atoms with Crippen molar-refractivity contribution in [3.05, 3.63) is 53.1 Å². The molecule has 0 aliphatic heterocycles. The summed E-state index contributed by atoms with van der Waals surface area (Å²) in [5, 5.41) is 8.73. The van der Waals surface area contributed by atoms with Gasteiger partial charge in [0.25, 0.3) is 0 Å². The second kappa shape index (κ2) is 8.22. The molecule has 0 amide bonds. The molecule has 5 heteroatoms. The van der Waals surface area contributed by atoms with E-state index in [1.54, 1.807) is 0 Å². The molecule has 2 aromatic rings. The van der Waals surface area contributed by atoms with Crippen LogP contribution in [0.2, 0.25) is 0 Å². The maximum Gasteiger partial charge on any atom is 0.190 e. The molecule has 23 heavy (non-hydrogen) atoms. The van der Waals surface area contributed by atoms with E-state index in [2.05, 4.69) is 28.8 Å². The van der Waals surface area contributed by atoms with Gasteiger partial charge in [-0.15, -0.1) is 12.4 Å². The molecular weight excluding hydrogens is 310 g/mol. The first kappa shape index (κ1) is 17.6. The highest BCUT2D eigenvalue weighted by Gasteiger charge is 2.20. The van der Waals surface area contributed by atoms with E-state index in [0.29, 0.717) is 13.1 Å². The SMILES string of the molecule is Cl.NCCNCCNCC1=Cc2cccc3cccc(c23)C1=O. The van der Waals surface area contributed by atoms with Crippen LogP contribution < -0.4 is 16.4 Å². The number of carbonyl (C=O) groups excluding carboxylic acids is 1. The van der Waals surface area contributed by atoms with E-state index in [1.807, 2.05) is 24.3 Å². The van der Waals surface area contributed by atoms with Crippen molar-refractivity contribution in [1.82, 2.24) is 10.6 Å². The molecule has 1 aliphatic carbocycles. The number of hydrogen-bond acceptors (Lipinski definition) is 4. The highest BCUT2D eigenvalue weighted by molar-refractivity contribution is 6.22. The highest BCUT2D eigenvalue weighted by atomic mass is 35.5. The van der Waals surface area contributed by atoms with Crippen molar-refractivity contribution in [2.75, 3.05) is 32.7 Å². The molecule has 0 radical (unpaired) electrons. The number of hydrogen-bond donors (Lipinski definition) is 3. The summed E-state index contributed by atoms with van der Waals surface area (Å²) in [4.78, 5) is 12.6. The van der Waals surface area contributed by atoms with E-state index in [4.69, 9.17) is 5.73 Å². The first-order valence-electron chi connectivity index (χ1n) is 7.70. The summed E-state index contributed by atoms with van der Waals surface area (Å²) in [7, 11) is 0. The molecule has 1 aliphatic rings. The summed E-state index contributed by atoms with van der Waals surface area (Å²) >= 11 is 0. The fraction of sp³-hybridized carbons (Fsp3) is 0.278. The molecule has 0 heterocycles. The lowest BCUT2D eigenvalue weighted by molar-refractivity contribution is 0.103. The molecule has 0 bridgehead atoms. The quantitative estimate of drug-likeness (QED) is 0.679. The molecule has 0 saturated carbocycles. The van der Waals surface area contributed by atoms with Gasteiger partial charge in [0, 0.05) is 49.2 Å². The summed E-state index contributed by atoms with van der Waals surface area (Å²) in [6, 6.07) is 12.1. The fourth-order valence-electron chi connectivity index (χ4n) is 2.86. The molecule has 0 saturated heterocycles. The first-order chi connectivity index (χ1) is 10.8. The number of rotatable bonds is 7. The van der Waals surface area contributed by atoms with Crippen molar-refractivity contribution < 1.29 is 4.79 Å². The van der Waals surface area contributed by atoms with Crippen LogP contribution in [0.4, 0.5) is 0 Å². The maximum absolute atomic E-state index is 12.6. The normalized spacial score (nSPS) is 12.9. The van der Waals surface area contributed by atoms with Crippen LogP contribution in [0.15, 0.2) is 42.0 Å². The van der Waals surface area contributed by atoms with Gasteiger partial charge in [-0.3, -0.25) is 4.79 Å². The van der Waals surface area contributed by atoms with Crippen LogP contribution in [0.5, 0.6) is 0 Å². The van der Waals surface area contributed by atoms with Crippen molar-refractivity contribution >= 4 is 35.0 Å². The molecule has 4 nitrogen and oxygen atoms in total. The maximum atomic E-state index is 12.6. The average Bonchev–Trinajstić information content (AvgIpc) is 2.55. The minimum Gasteiger partial charge on any atom is -0.329 e. The Labute approximate surface area is 142 Å². The van der Waals surface area contributed by atoms with Crippen LogP contribution in [0, 0.1) is 0 Å². The summed E-state index contributed by atoms with van der Waals surface area (Å²) in [5.74, 6) is 0.131. The van der Waals surface area contributed by atoms with E-state index in [1.165, 1.54) is 0 Å². The molecule has 0 aromatic heterocycles. The first-order valence-corrected chi connectivity index (χ1v) is 7.70. The van der Waals surface area contributed by atoms with Crippen molar-refractivity contribution in [3.8, 4) is 0 Å². The Bertz CT molecular complexity index is 722. The Morgan fingerprint density at radius 3 is 2.48 bits per heavy atom. The predicted octanol–water partition coefficient (Wildman–Crippen LogP) is 1.98. The Morgan fingerprint density at radius 2 is 1.70 bits per heavy atom. The van der Waals surface area contributed by atoms with Gasteiger partial charge in [0.1, 0.15) is 0 Å². The van der Waals surface area contributed by atoms with Gasteiger partial charge in [-0.1, -0.05) is 36.4 Å². The molecule has 0 fully saturated rings. The largest absolute Gasteiger partial charge is 0.329 e. The zero-order valence-electron chi connectivity index (χ0n) is 13.0. The molecule has 0 spiro atoms. The lowest BCUT2D eigenvalue weighted by Crippen LogP contribution is -2.32. The lowest BCUT2D eigenvalue weighted by Gasteiger charge is -2.17. The van der Waals surface area contributed by atoms with E-state index in [9.17, 15) is 4.79 Å². The number of Topliss-reactive ketones (excluding diaryl/α,β-unsaturated/α-hetero) is 1. The highest BCUT2D eigenvalue weighted by Crippen LogP contribution is 2.30. The lowest BCUT2D eigenvalue weighted by atomic mass is 9.88.